The van der Waals surface area contributed by atoms with Crippen LogP contribution in [-0.4, -0.2) is 0 Å². The maximum atomic E-state index is 8.55. The molecule has 0 radical (unpaired) electrons. The van der Waals surface area contributed by atoms with Crippen LogP contribution in [0.15, 0.2) is 0 Å². The van der Waals surface area contributed by atoms with Gasteiger partial charge in [-0.05, 0) is 0 Å². The SMILES string of the molecule is O=P([O-])([O-])[O-].O=P([O-])([O-])[O-].O=P([O-])([O-])[O-].[Nb+5].[Zr+4]. The quantitative estimate of drug-likeness (QED) is 0.237. The minimum atomic E-state index is -5.39. The van der Waals surface area contributed by atoms with Gasteiger partial charge in [-0.25, -0.2) is 0 Å². The van der Waals surface area contributed by atoms with Crippen LogP contribution in [0.2, 0.25) is 0 Å². The smallest absolute Gasteiger partial charge is 0.822 e. The molecule has 0 aromatic heterocycles. The molecule has 0 spiro atoms. The molecule has 12 nitrogen and oxygen atoms in total. The van der Waals surface area contributed by atoms with Gasteiger partial charge in [0, 0.05) is 0 Å². The van der Waals surface area contributed by atoms with E-state index in [0.29, 0.717) is 0 Å². The molecule has 0 bridgehead atoms. The van der Waals surface area contributed by atoms with Crippen LogP contribution in [-0.2, 0) is 62.3 Å². The summed E-state index contributed by atoms with van der Waals surface area (Å²) in [6, 6.07) is 0. The molecular formula is NbO12P3Zr. The predicted octanol–water partition coefficient (Wildman–Crippen LogP) is -8.48. The molecule has 0 fully saturated rings. The van der Waals surface area contributed by atoms with Crippen molar-refractivity contribution in [3.05, 3.63) is 0 Å². The monoisotopic (exact) mass is 468 g/mol. The molecule has 0 rings (SSSR count). The molecule has 0 saturated heterocycles. The van der Waals surface area contributed by atoms with E-state index < -0.39 is 23.5 Å². The summed E-state index contributed by atoms with van der Waals surface area (Å²) in [6.07, 6.45) is 0. The van der Waals surface area contributed by atoms with E-state index in [9.17, 15) is 0 Å². The van der Waals surface area contributed by atoms with Gasteiger partial charge in [0.25, 0.3) is 0 Å². The first-order valence-electron chi connectivity index (χ1n) is 2.19. The van der Waals surface area contributed by atoms with Gasteiger partial charge in [-0.2, -0.15) is 23.5 Å². The molecule has 96 valence electrons. The van der Waals surface area contributed by atoms with Crippen LogP contribution in [0.4, 0.5) is 0 Å². The summed E-state index contributed by atoms with van der Waals surface area (Å²) in [4.78, 5) is 76.9. The van der Waals surface area contributed by atoms with E-state index in [0.717, 1.165) is 0 Å². The maximum Gasteiger partial charge on any atom is 5.00 e. The van der Waals surface area contributed by atoms with Gasteiger partial charge in [-0.3, -0.25) is 0 Å². The molecule has 0 amide bonds. The molecule has 0 N–H and O–H groups in total. The van der Waals surface area contributed by atoms with E-state index in [2.05, 4.69) is 0 Å². The fraction of sp³-hybridized carbons (Fsp3) is 0. The number of rotatable bonds is 0. The second kappa shape index (κ2) is 13.0. The third-order valence-electron chi connectivity index (χ3n) is 0. The van der Waals surface area contributed by atoms with Crippen molar-refractivity contribution in [2.75, 3.05) is 0 Å². The molecule has 0 aliphatic heterocycles. The Balaban J connectivity index is -0.0000000400. The molecule has 0 aliphatic carbocycles. The van der Waals surface area contributed by atoms with Crippen LogP contribution in [0, 0.1) is 0 Å². The van der Waals surface area contributed by atoms with Crippen LogP contribution < -0.4 is 44.0 Å². The second-order valence-electron chi connectivity index (χ2n) is 1.34. The van der Waals surface area contributed by atoms with Gasteiger partial charge in [-0.1, -0.05) is 0 Å². The zero-order chi connectivity index (χ0) is 13.5. The summed E-state index contributed by atoms with van der Waals surface area (Å²) in [5.74, 6) is 0. The summed E-state index contributed by atoms with van der Waals surface area (Å²) in [5, 5.41) is 0. The van der Waals surface area contributed by atoms with E-state index in [4.69, 9.17) is 57.7 Å². The van der Waals surface area contributed by atoms with E-state index in [1.165, 1.54) is 0 Å². The van der Waals surface area contributed by atoms with Crippen molar-refractivity contribution in [1.29, 1.82) is 0 Å². The Morgan fingerprint density at radius 1 is 0.471 bits per heavy atom. The van der Waals surface area contributed by atoms with Gasteiger partial charge >= 0.3 is 48.6 Å². The fourth-order valence-electron chi connectivity index (χ4n) is 0. The van der Waals surface area contributed by atoms with E-state index >= 15 is 0 Å². The largest absolute Gasteiger partial charge is 5.00 e. The number of hydrogen-bond donors (Lipinski definition) is 0. The first kappa shape index (κ1) is 31.4. The van der Waals surface area contributed by atoms with Gasteiger partial charge in [-0.15, -0.1) is 0 Å². The Bertz CT molecular complexity index is 208. The third kappa shape index (κ3) is 1200. The first-order valence-corrected chi connectivity index (χ1v) is 6.57. The van der Waals surface area contributed by atoms with Crippen molar-refractivity contribution in [3.8, 4) is 0 Å². The van der Waals surface area contributed by atoms with Crippen molar-refractivity contribution in [2.24, 2.45) is 0 Å². The van der Waals surface area contributed by atoms with Crippen molar-refractivity contribution in [2.45, 2.75) is 0 Å². The zero-order valence-electron chi connectivity index (χ0n) is 7.19. The minimum absolute atomic E-state index is 0. The second-order valence-corrected chi connectivity index (χ2v) is 4.02. The summed E-state index contributed by atoms with van der Waals surface area (Å²) in [7, 11) is -16.2. The molecule has 0 heterocycles. The maximum absolute atomic E-state index is 8.55. The predicted molar refractivity (Wildman–Crippen MR) is 22.8 cm³/mol. The molecule has 0 aliphatic rings. The van der Waals surface area contributed by atoms with Gasteiger partial charge in [0.1, 0.15) is 0 Å². The van der Waals surface area contributed by atoms with Crippen molar-refractivity contribution in [3.63, 3.8) is 0 Å². The Morgan fingerprint density at radius 2 is 0.471 bits per heavy atom. The minimum Gasteiger partial charge on any atom is -0.822 e. The molecule has 0 atom stereocenters. The molecule has 0 aromatic carbocycles. The van der Waals surface area contributed by atoms with Gasteiger partial charge < -0.3 is 57.7 Å². The summed E-state index contributed by atoms with van der Waals surface area (Å²) in [6.45, 7) is 0. The third-order valence-corrected chi connectivity index (χ3v) is 0. The molecular weight excluding hydrogens is 469 g/mol. The summed E-state index contributed by atoms with van der Waals surface area (Å²) in [5.41, 5.74) is 0. The Morgan fingerprint density at radius 3 is 0.471 bits per heavy atom. The Hall–Kier alpha value is 1.95. The van der Waals surface area contributed by atoms with E-state index in [1.54, 1.807) is 0 Å². The van der Waals surface area contributed by atoms with Crippen LogP contribution >= 0.6 is 23.5 Å². The molecule has 0 saturated carbocycles. The fourth-order valence-corrected chi connectivity index (χ4v) is 0. The molecule has 0 unspecified atom stereocenters. The zero-order valence-corrected chi connectivity index (χ0v) is 14.5. The van der Waals surface area contributed by atoms with Crippen molar-refractivity contribution < 1.29 is 106 Å². The van der Waals surface area contributed by atoms with E-state index in [-0.39, 0.29) is 48.6 Å². The molecule has 0 aromatic rings. The van der Waals surface area contributed by atoms with E-state index in [1.807, 2.05) is 0 Å². The molecule has 17 heavy (non-hydrogen) atoms. The van der Waals surface area contributed by atoms with Crippen molar-refractivity contribution >= 4 is 23.5 Å². The standard InChI is InChI=1S/Nb.3H3O4P.Zr/c;3*1-5(2,3)4;/h;3*(H3,1,2,3,4);/q+5;;;;+4/p-9. The normalized spacial score (nSPS) is 10.4. The average molecular weight is 469 g/mol. The Labute approximate surface area is 129 Å². The number of hydrogen-bond acceptors (Lipinski definition) is 12. The van der Waals surface area contributed by atoms with Crippen molar-refractivity contribution in [1.82, 2.24) is 0 Å². The van der Waals surface area contributed by atoms with Gasteiger partial charge in [0.2, 0.25) is 0 Å². The summed E-state index contributed by atoms with van der Waals surface area (Å²) >= 11 is 0. The van der Waals surface area contributed by atoms with Crippen LogP contribution in [0.25, 0.3) is 0 Å². The summed E-state index contributed by atoms with van der Waals surface area (Å²) < 4.78 is 25.6. The van der Waals surface area contributed by atoms with Gasteiger partial charge in [0.15, 0.2) is 0 Å². The van der Waals surface area contributed by atoms with Crippen LogP contribution in [0.1, 0.15) is 0 Å². The first-order chi connectivity index (χ1) is 6.00. The van der Waals surface area contributed by atoms with Gasteiger partial charge in [0.05, 0.1) is 0 Å². The average Bonchev–Trinajstić information content (AvgIpc) is 1.41. The molecule has 17 heteroatoms. The van der Waals surface area contributed by atoms with Crippen LogP contribution in [0.3, 0.4) is 0 Å². The van der Waals surface area contributed by atoms with Crippen LogP contribution in [0.5, 0.6) is 0 Å². The Kier molecular flexibility index (Phi) is 23.9. The topological polar surface area (TPSA) is 259 Å². The number of phosphoric acid groups is 3.